The first-order chi connectivity index (χ1) is 13.8. The van der Waals surface area contributed by atoms with Gasteiger partial charge in [-0.2, -0.15) is 12.6 Å². The molecule has 0 atom stereocenters. The summed E-state index contributed by atoms with van der Waals surface area (Å²) in [5.41, 5.74) is 3.65. The SMILES string of the molecule is CCC/C=C(\OCCCCS)c1ccc(OC(=C2CC2)c2ccccc2)cc1. The largest absolute Gasteiger partial charge is 0.493 e. The number of benzene rings is 2. The van der Waals surface area contributed by atoms with Gasteiger partial charge in [-0.15, -0.1) is 0 Å². The molecule has 3 rings (SSSR count). The van der Waals surface area contributed by atoms with E-state index in [1.165, 1.54) is 5.57 Å². The van der Waals surface area contributed by atoms with Gasteiger partial charge in [0.15, 0.2) is 0 Å². The van der Waals surface area contributed by atoms with Crippen molar-refractivity contribution < 1.29 is 9.47 Å². The maximum absolute atomic E-state index is 6.26. The minimum absolute atomic E-state index is 0.735. The van der Waals surface area contributed by atoms with Crippen molar-refractivity contribution in [3.63, 3.8) is 0 Å². The lowest BCUT2D eigenvalue weighted by molar-refractivity contribution is 0.269. The summed E-state index contributed by atoms with van der Waals surface area (Å²) in [6, 6.07) is 18.6. The summed E-state index contributed by atoms with van der Waals surface area (Å²) >= 11 is 4.27. The quantitative estimate of drug-likeness (QED) is 0.248. The molecule has 3 heteroatoms. The van der Waals surface area contributed by atoms with Crippen LogP contribution in [-0.2, 0) is 4.74 Å². The molecule has 0 unspecified atom stereocenters. The highest BCUT2D eigenvalue weighted by atomic mass is 32.1. The van der Waals surface area contributed by atoms with Gasteiger partial charge in [-0.3, -0.25) is 0 Å². The molecule has 2 nitrogen and oxygen atoms in total. The first kappa shape index (κ1) is 20.6. The van der Waals surface area contributed by atoms with Crippen LogP contribution >= 0.6 is 12.6 Å². The van der Waals surface area contributed by atoms with Crippen molar-refractivity contribution in [2.45, 2.75) is 45.4 Å². The van der Waals surface area contributed by atoms with Crippen LogP contribution in [0.2, 0.25) is 0 Å². The molecule has 0 spiro atoms. The third-order valence-corrected chi connectivity index (χ3v) is 4.96. The van der Waals surface area contributed by atoms with Crippen LogP contribution < -0.4 is 4.74 Å². The topological polar surface area (TPSA) is 18.5 Å². The summed E-state index contributed by atoms with van der Waals surface area (Å²) in [5.74, 6) is 3.75. The fraction of sp³-hybridized carbons (Fsp3) is 0.360. The fourth-order valence-electron chi connectivity index (χ4n) is 2.95. The van der Waals surface area contributed by atoms with E-state index in [0.29, 0.717) is 0 Å². The first-order valence-electron chi connectivity index (χ1n) is 10.3. The van der Waals surface area contributed by atoms with Gasteiger partial charge in [0.25, 0.3) is 0 Å². The van der Waals surface area contributed by atoms with Crippen LogP contribution in [0, 0.1) is 0 Å². The number of hydrogen-bond donors (Lipinski definition) is 1. The minimum atomic E-state index is 0.735. The van der Waals surface area contributed by atoms with Crippen molar-refractivity contribution in [2.75, 3.05) is 12.4 Å². The molecule has 0 aromatic heterocycles. The van der Waals surface area contributed by atoms with Crippen LogP contribution in [-0.4, -0.2) is 12.4 Å². The molecule has 2 aromatic rings. The molecule has 0 amide bonds. The van der Waals surface area contributed by atoms with E-state index in [1.807, 2.05) is 18.2 Å². The summed E-state index contributed by atoms with van der Waals surface area (Å²) in [6.07, 6.45) is 8.69. The zero-order valence-corrected chi connectivity index (χ0v) is 17.6. The van der Waals surface area contributed by atoms with Crippen LogP contribution in [0.4, 0.5) is 0 Å². The van der Waals surface area contributed by atoms with E-state index < -0.39 is 0 Å². The van der Waals surface area contributed by atoms with Gasteiger partial charge >= 0.3 is 0 Å². The number of rotatable bonds is 11. The highest BCUT2D eigenvalue weighted by molar-refractivity contribution is 7.80. The van der Waals surface area contributed by atoms with Crippen molar-refractivity contribution in [3.8, 4) is 5.75 Å². The van der Waals surface area contributed by atoms with Crippen LogP contribution in [0.25, 0.3) is 11.5 Å². The van der Waals surface area contributed by atoms with Gasteiger partial charge in [0.2, 0.25) is 0 Å². The zero-order chi connectivity index (χ0) is 19.6. The average Bonchev–Trinajstić information content (AvgIpc) is 3.58. The van der Waals surface area contributed by atoms with Gasteiger partial charge < -0.3 is 9.47 Å². The number of hydrogen-bond acceptors (Lipinski definition) is 3. The molecule has 2 aromatic carbocycles. The molecule has 1 saturated carbocycles. The lowest BCUT2D eigenvalue weighted by atomic mass is 10.1. The third kappa shape index (κ3) is 6.20. The Morgan fingerprint density at radius 3 is 2.36 bits per heavy atom. The minimum Gasteiger partial charge on any atom is -0.493 e. The van der Waals surface area contributed by atoms with Gasteiger partial charge in [-0.1, -0.05) is 43.7 Å². The molecule has 148 valence electrons. The summed E-state index contributed by atoms with van der Waals surface area (Å²) in [6.45, 7) is 2.92. The highest BCUT2D eigenvalue weighted by Crippen LogP contribution is 2.37. The lowest BCUT2D eigenvalue weighted by Gasteiger charge is -2.13. The van der Waals surface area contributed by atoms with Gasteiger partial charge in [0, 0.05) is 11.1 Å². The molecule has 0 heterocycles. The van der Waals surface area contributed by atoms with Crippen molar-refractivity contribution in [3.05, 3.63) is 77.4 Å². The fourth-order valence-corrected chi connectivity index (χ4v) is 3.17. The van der Waals surface area contributed by atoms with E-state index in [2.05, 4.69) is 62.0 Å². The van der Waals surface area contributed by atoms with Crippen LogP contribution in [0.5, 0.6) is 5.75 Å². The maximum atomic E-state index is 6.26. The molecule has 0 bridgehead atoms. The first-order valence-corrected chi connectivity index (χ1v) is 10.9. The van der Waals surface area contributed by atoms with Crippen molar-refractivity contribution in [1.29, 1.82) is 0 Å². The van der Waals surface area contributed by atoms with Gasteiger partial charge in [-0.05, 0) is 73.8 Å². The summed E-state index contributed by atoms with van der Waals surface area (Å²) in [5, 5.41) is 0. The van der Waals surface area contributed by atoms with E-state index in [9.17, 15) is 0 Å². The molecule has 0 radical (unpaired) electrons. The molecular weight excluding hydrogens is 364 g/mol. The summed E-state index contributed by atoms with van der Waals surface area (Å²) in [4.78, 5) is 0. The Balaban J connectivity index is 1.69. The average molecular weight is 395 g/mol. The van der Waals surface area contributed by atoms with Gasteiger partial charge in [0.05, 0.1) is 6.61 Å². The van der Waals surface area contributed by atoms with E-state index >= 15 is 0 Å². The van der Waals surface area contributed by atoms with E-state index in [-0.39, 0.29) is 0 Å². The Morgan fingerprint density at radius 2 is 1.71 bits per heavy atom. The molecule has 1 aliphatic carbocycles. The Kier molecular flexibility index (Phi) is 8.10. The Bertz CT molecular complexity index is 785. The van der Waals surface area contributed by atoms with Crippen LogP contribution in [0.15, 0.2) is 66.2 Å². The molecule has 0 N–H and O–H groups in total. The number of allylic oxidation sites excluding steroid dienone is 2. The Labute approximate surface area is 174 Å². The van der Waals surface area contributed by atoms with Crippen LogP contribution in [0.1, 0.15) is 56.6 Å². The standard InChI is InChI=1S/C25H30O2S/c1-2-3-11-24(26-18-7-8-19-28)20-14-16-23(17-15-20)27-25(22-12-13-22)21-9-5-4-6-10-21/h4-6,9-11,14-17,28H,2-3,7-8,12-13,18-19H2,1H3/b24-11-. The second-order valence-corrected chi connectivity index (χ2v) is 7.51. The number of thiol groups is 1. The zero-order valence-electron chi connectivity index (χ0n) is 16.7. The molecule has 1 fully saturated rings. The highest BCUT2D eigenvalue weighted by Gasteiger charge is 2.21. The van der Waals surface area contributed by atoms with E-state index in [4.69, 9.17) is 9.47 Å². The van der Waals surface area contributed by atoms with E-state index in [1.54, 1.807) is 0 Å². The summed E-state index contributed by atoms with van der Waals surface area (Å²) in [7, 11) is 0. The van der Waals surface area contributed by atoms with E-state index in [0.717, 1.165) is 79.3 Å². The van der Waals surface area contributed by atoms with Gasteiger partial charge in [0.1, 0.15) is 17.3 Å². The molecule has 1 aliphatic rings. The monoisotopic (exact) mass is 394 g/mol. The Hall–Kier alpha value is -2.13. The molecule has 28 heavy (non-hydrogen) atoms. The molecular formula is C25H30O2S. The predicted molar refractivity (Wildman–Crippen MR) is 122 cm³/mol. The predicted octanol–water partition coefficient (Wildman–Crippen LogP) is 7.14. The van der Waals surface area contributed by atoms with Gasteiger partial charge in [-0.25, -0.2) is 0 Å². The van der Waals surface area contributed by atoms with Crippen LogP contribution in [0.3, 0.4) is 0 Å². The normalized spacial score (nSPS) is 13.4. The Morgan fingerprint density at radius 1 is 0.964 bits per heavy atom. The molecule has 0 aliphatic heterocycles. The smallest absolute Gasteiger partial charge is 0.133 e. The van der Waals surface area contributed by atoms with Crippen molar-refractivity contribution in [1.82, 2.24) is 0 Å². The summed E-state index contributed by atoms with van der Waals surface area (Å²) < 4.78 is 12.3. The second kappa shape index (κ2) is 11.0. The van der Waals surface area contributed by atoms with Crippen molar-refractivity contribution in [2.24, 2.45) is 0 Å². The van der Waals surface area contributed by atoms with Crippen molar-refractivity contribution >= 4 is 24.1 Å². The second-order valence-electron chi connectivity index (χ2n) is 7.06. The maximum Gasteiger partial charge on any atom is 0.133 e. The number of unbranched alkanes of at least 4 members (excludes halogenated alkanes) is 2. The lowest BCUT2D eigenvalue weighted by Crippen LogP contribution is -1.98. The number of ether oxygens (including phenoxy) is 2. The molecule has 0 saturated heterocycles. The third-order valence-electron chi connectivity index (χ3n) is 4.64.